The molecule has 0 amide bonds. The Morgan fingerprint density at radius 3 is 2.17 bits per heavy atom. The Kier molecular flexibility index (Phi) is 7.52. The first-order valence-electron chi connectivity index (χ1n) is 6.52. The molecule has 0 aliphatic carbocycles. The number of carbonyl (C=O) groups excluding carboxylic acids is 1. The van der Waals surface area contributed by atoms with E-state index in [1.807, 2.05) is 0 Å². The van der Waals surface area contributed by atoms with Gasteiger partial charge in [-0.3, -0.25) is 0 Å². The second-order valence-electron chi connectivity index (χ2n) is 4.67. The van der Waals surface area contributed by atoms with Crippen molar-refractivity contribution in [2.45, 2.75) is 0 Å². The maximum Gasteiger partial charge on any atom is 1.00 e. The first-order chi connectivity index (χ1) is 10.9. The Hall–Kier alpha value is -1.77. The number of phenolic OH excluding ortho intramolecular Hbond substituents is 4. The van der Waals surface area contributed by atoms with Gasteiger partial charge in [0.25, 0.3) is 0 Å². The van der Waals surface area contributed by atoms with Crippen LogP contribution >= 0.6 is 0 Å². The summed E-state index contributed by atoms with van der Waals surface area (Å²) in [6, 6.07) is 6.80. The number of hydrogen-bond donors (Lipinski definition) is 4. The molecule has 0 spiro atoms. The minimum absolute atomic E-state index is 0. The largest absolute Gasteiger partial charge is 1.00 e. The Balaban J connectivity index is 0.00000288. The van der Waals surface area contributed by atoms with Gasteiger partial charge in [-0.1, -0.05) is 24.3 Å². The van der Waals surface area contributed by atoms with E-state index in [0.29, 0.717) is 11.1 Å². The minimum atomic E-state index is -1.39. The van der Waals surface area contributed by atoms with Crippen LogP contribution in [0.4, 0.5) is 0 Å². The van der Waals surface area contributed by atoms with E-state index < -0.39 is 11.7 Å². The van der Waals surface area contributed by atoms with Crippen LogP contribution in [0.1, 0.15) is 16.7 Å². The van der Waals surface area contributed by atoms with E-state index in [1.54, 1.807) is 0 Å². The first kappa shape index (κ1) is 20.3. The smallest absolute Gasteiger partial charge is 0.545 e. The monoisotopic (exact) mass is 352 g/mol. The summed E-state index contributed by atoms with van der Waals surface area (Å²) in [4.78, 5) is 10.5. The maximum atomic E-state index is 10.5. The number of carbonyl (C=O) groups is 1. The minimum Gasteiger partial charge on any atom is -0.545 e. The summed E-state index contributed by atoms with van der Waals surface area (Å²) in [7, 11) is 0. The van der Waals surface area contributed by atoms with Gasteiger partial charge in [0.05, 0.1) is 5.97 Å². The van der Waals surface area contributed by atoms with Crippen molar-refractivity contribution in [3.8, 4) is 23.0 Å². The molecule has 2 aromatic carbocycles. The third-order valence-electron chi connectivity index (χ3n) is 3.07. The number of rotatable bonds is 4. The molecule has 0 saturated heterocycles. The molecule has 24 heavy (non-hydrogen) atoms. The molecule has 2 aromatic rings. The number of hydrogen-bond acceptors (Lipinski definition) is 6. The van der Waals surface area contributed by atoms with Gasteiger partial charge in [0.2, 0.25) is 0 Å². The van der Waals surface area contributed by atoms with E-state index in [1.165, 1.54) is 48.6 Å². The standard InChI is InChI=1S/C17H14O6.K/c18-13-6-2-10(9-15(13)20)1-5-12-11(4-8-16(21)22)3-7-14(19)17(12)23;/h1-9,18-20,23H,(H,21,22);/q;+1/p-1/b5-1+,8-4+;. The van der Waals surface area contributed by atoms with Crippen LogP contribution in [-0.4, -0.2) is 26.4 Å². The molecule has 0 atom stereocenters. The summed E-state index contributed by atoms with van der Waals surface area (Å²) >= 11 is 0. The van der Waals surface area contributed by atoms with Gasteiger partial charge in [0.15, 0.2) is 23.0 Å². The molecule has 2 rings (SSSR count). The molecule has 0 fully saturated rings. The molecule has 0 heterocycles. The van der Waals surface area contributed by atoms with Crippen molar-refractivity contribution in [1.29, 1.82) is 0 Å². The normalized spacial score (nSPS) is 10.8. The Labute approximate surface area is 180 Å². The summed E-state index contributed by atoms with van der Waals surface area (Å²) in [6.07, 6.45) is 4.98. The van der Waals surface area contributed by atoms with Crippen LogP contribution in [-0.2, 0) is 4.79 Å². The van der Waals surface area contributed by atoms with Crippen molar-refractivity contribution < 1.29 is 81.7 Å². The fraction of sp³-hybridized carbons (Fsp3) is 0. The van der Waals surface area contributed by atoms with Gasteiger partial charge in [0.1, 0.15) is 0 Å². The average Bonchev–Trinajstić information content (AvgIpc) is 2.50. The quantitative estimate of drug-likeness (QED) is 0.229. The molecule has 0 aliphatic heterocycles. The summed E-state index contributed by atoms with van der Waals surface area (Å²) in [6.45, 7) is 0. The molecule has 0 aromatic heterocycles. The Morgan fingerprint density at radius 1 is 0.875 bits per heavy atom. The van der Waals surface area contributed by atoms with E-state index in [9.17, 15) is 30.3 Å². The summed E-state index contributed by atoms with van der Waals surface area (Å²) in [5.41, 5.74) is 1.07. The second kappa shape index (κ2) is 8.91. The number of carboxylic acids is 1. The van der Waals surface area contributed by atoms with E-state index in [0.717, 1.165) is 6.08 Å². The zero-order valence-electron chi connectivity index (χ0n) is 12.8. The van der Waals surface area contributed by atoms with Gasteiger partial charge in [-0.05, 0) is 41.5 Å². The van der Waals surface area contributed by atoms with Crippen molar-refractivity contribution in [2.75, 3.05) is 0 Å². The van der Waals surface area contributed by atoms with E-state index in [-0.39, 0.29) is 74.2 Å². The van der Waals surface area contributed by atoms with Crippen LogP contribution in [0.25, 0.3) is 18.2 Å². The predicted molar refractivity (Wildman–Crippen MR) is 82.5 cm³/mol. The SMILES string of the molecule is O=C([O-])/C=C/c1ccc(O)c(O)c1/C=C/c1ccc(O)c(O)c1.[K+]. The third kappa shape index (κ3) is 5.12. The van der Waals surface area contributed by atoms with Crippen LogP contribution in [0.3, 0.4) is 0 Å². The van der Waals surface area contributed by atoms with Crippen LogP contribution in [0.5, 0.6) is 23.0 Å². The molecular weight excluding hydrogens is 339 g/mol. The number of aliphatic carboxylic acids is 1. The molecule has 0 bridgehead atoms. The van der Waals surface area contributed by atoms with Gasteiger partial charge in [-0.2, -0.15) is 0 Å². The Bertz CT molecular complexity index is 811. The molecule has 0 radical (unpaired) electrons. The van der Waals surface area contributed by atoms with Crippen LogP contribution < -0.4 is 56.5 Å². The summed E-state index contributed by atoms with van der Waals surface area (Å²) in [5.74, 6) is -2.73. The topological polar surface area (TPSA) is 121 Å². The number of aromatic hydroxyl groups is 4. The van der Waals surface area contributed by atoms with Gasteiger partial charge < -0.3 is 30.3 Å². The van der Waals surface area contributed by atoms with Crippen molar-refractivity contribution in [2.24, 2.45) is 0 Å². The fourth-order valence-electron chi connectivity index (χ4n) is 1.91. The summed E-state index contributed by atoms with van der Waals surface area (Å²) in [5, 5.41) is 48.7. The van der Waals surface area contributed by atoms with Gasteiger partial charge in [-0.25, -0.2) is 0 Å². The van der Waals surface area contributed by atoms with Crippen LogP contribution in [0, 0.1) is 0 Å². The number of benzene rings is 2. The average molecular weight is 352 g/mol. The summed E-state index contributed by atoms with van der Waals surface area (Å²) < 4.78 is 0. The van der Waals surface area contributed by atoms with Crippen molar-refractivity contribution in [3.63, 3.8) is 0 Å². The zero-order valence-corrected chi connectivity index (χ0v) is 15.9. The van der Waals surface area contributed by atoms with E-state index in [4.69, 9.17) is 0 Å². The second-order valence-corrected chi connectivity index (χ2v) is 4.67. The van der Waals surface area contributed by atoms with Crippen LogP contribution in [0.2, 0.25) is 0 Å². The molecule has 118 valence electrons. The third-order valence-corrected chi connectivity index (χ3v) is 3.07. The zero-order chi connectivity index (χ0) is 17.0. The Morgan fingerprint density at radius 2 is 1.54 bits per heavy atom. The predicted octanol–water partition coefficient (Wildman–Crippen LogP) is -1.55. The molecule has 0 aliphatic rings. The van der Waals surface area contributed by atoms with Crippen molar-refractivity contribution >= 4 is 24.2 Å². The van der Waals surface area contributed by atoms with Gasteiger partial charge >= 0.3 is 51.4 Å². The maximum absolute atomic E-state index is 10.5. The molecular formula is C17H13KO6. The van der Waals surface area contributed by atoms with E-state index in [2.05, 4.69) is 0 Å². The van der Waals surface area contributed by atoms with Gasteiger partial charge in [-0.15, -0.1) is 0 Å². The molecule has 0 unspecified atom stereocenters. The van der Waals surface area contributed by atoms with E-state index >= 15 is 0 Å². The molecule has 7 heteroatoms. The first-order valence-corrected chi connectivity index (χ1v) is 6.52. The van der Waals surface area contributed by atoms with Crippen molar-refractivity contribution in [3.05, 3.63) is 53.1 Å². The van der Waals surface area contributed by atoms with Gasteiger partial charge in [0, 0.05) is 5.56 Å². The fourth-order valence-corrected chi connectivity index (χ4v) is 1.91. The van der Waals surface area contributed by atoms with Crippen LogP contribution in [0.15, 0.2) is 36.4 Å². The number of phenols is 4. The molecule has 6 nitrogen and oxygen atoms in total. The van der Waals surface area contributed by atoms with Crippen molar-refractivity contribution in [1.82, 2.24) is 0 Å². The molecule has 4 N–H and O–H groups in total. The molecule has 0 saturated carbocycles. The number of carboxylic acid groups (broad SMARTS) is 1.